The van der Waals surface area contributed by atoms with Crippen LogP contribution in [0.3, 0.4) is 0 Å². The molecule has 1 aliphatic carbocycles. The number of hydrogen-bond acceptors (Lipinski definition) is 3. The molecule has 3 rings (SSSR count). The standard InChI is InChI=1S/C16H28N4/c1-12(14-6-5-9-17-11-14)10-16-19-18-13(2)20(16)15-7-3-4-8-15/h12,14-15,17H,3-11H2,1-2H3. The van der Waals surface area contributed by atoms with Crippen molar-refractivity contribution in [2.75, 3.05) is 13.1 Å². The zero-order valence-electron chi connectivity index (χ0n) is 12.9. The van der Waals surface area contributed by atoms with Crippen LogP contribution in [0.25, 0.3) is 0 Å². The lowest BCUT2D eigenvalue weighted by Crippen LogP contribution is -2.34. The normalized spacial score (nSPS) is 26.0. The number of aryl methyl sites for hydroxylation is 1. The van der Waals surface area contributed by atoms with Gasteiger partial charge >= 0.3 is 0 Å². The summed E-state index contributed by atoms with van der Waals surface area (Å²) in [6, 6.07) is 0.664. The molecule has 2 fully saturated rings. The van der Waals surface area contributed by atoms with Crippen LogP contribution in [0, 0.1) is 18.8 Å². The second-order valence-electron chi connectivity index (χ2n) is 6.76. The summed E-state index contributed by atoms with van der Waals surface area (Å²) in [6.07, 6.45) is 9.13. The summed E-state index contributed by atoms with van der Waals surface area (Å²) in [5, 5.41) is 12.4. The summed E-state index contributed by atoms with van der Waals surface area (Å²) in [5.41, 5.74) is 0. The summed E-state index contributed by atoms with van der Waals surface area (Å²) in [4.78, 5) is 0. The largest absolute Gasteiger partial charge is 0.316 e. The number of nitrogens with one attached hydrogen (secondary N) is 1. The van der Waals surface area contributed by atoms with Gasteiger partial charge in [-0.2, -0.15) is 0 Å². The molecule has 1 saturated heterocycles. The second-order valence-corrected chi connectivity index (χ2v) is 6.76. The number of aromatic nitrogens is 3. The van der Waals surface area contributed by atoms with E-state index in [2.05, 4.69) is 33.9 Å². The van der Waals surface area contributed by atoms with E-state index in [4.69, 9.17) is 0 Å². The lowest BCUT2D eigenvalue weighted by Gasteiger charge is -2.28. The topological polar surface area (TPSA) is 42.7 Å². The Kier molecular flexibility index (Phi) is 4.39. The minimum absolute atomic E-state index is 0.664. The summed E-state index contributed by atoms with van der Waals surface area (Å²) < 4.78 is 2.44. The predicted octanol–water partition coefficient (Wildman–Crippen LogP) is 2.88. The number of rotatable bonds is 4. The Morgan fingerprint density at radius 3 is 2.70 bits per heavy atom. The van der Waals surface area contributed by atoms with Gasteiger partial charge in [-0.25, -0.2) is 0 Å². The van der Waals surface area contributed by atoms with Crippen LogP contribution in [-0.4, -0.2) is 27.9 Å². The molecule has 2 unspecified atom stereocenters. The number of piperidine rings is 1. The highest BCUT2D eigenvalue weighted by molar-refractivity contribution is 5.00. The fourth-order valence-electron chi connectivity index (χ4n) is 4.01. The fourth-order valence-corrected chi connectivity index (χ4v) is 4.01. The molecule has 4 nitrogen and oxygen atoms in total. The van der Waals surface area contributed by atoms with Crippen molar-refractivity contribution in [2.45, 2.75) is 64.8 Å². The first-order valence-electron chi connectivity index (χ1n) is 8.37. The van der Waals surface area contributed by atoms with Gasteiger partial charge in [-0.05, 0) is 57.5 Å². The van der Waals surface area contributed by atoms with E-state index in [9.17, 15) is 0 Å². The summed E-state index contributed by atoms with van der Waals surface area (Å²) >= 11 is 0. The predicted molar refractivity (Wildman–Crippen MR) is 80.7 cm³/mol. The van der Waals surface area contributed by atoms with Crippen LogP contribution >= 0.6 is 0 Å². The van der Waals surface area contributed by atoms with Crippen molar-refractivity contribution in [3.63, 3.8) is 0 Å². The second kappa shape index (κ2) is 6.25. The molecule has 0 spiro atoms. The van der Waals surface area contributed by atoms with Gasteiger partial charge in [0.2, 0.25) is 0 Å². The van der Waals surface area contributed by atoms with E-state index in [0.717, 1.165) is 18.2 Å². The van der Waals surface area contributed by atoms with E-state index in [1.165, 1.54) is 57.4 Å². The van der Waals surface area contributed by atoms with Gasteiger partial charge in [-0.15, -0.1) is 10.2 Å². The Balaban J connectivity index is 1.70. The van der Waals surface area contributed by atoms with Gasteiger partial charge in [0, 0.05) is 12.5 Å². The van der Waals surface area contributed by atoms with E-state index < -0.39 is 0 Å². The van der Waals surface area contributed by atoms with Gasteiger partial charge in [-0.1, -0.05) is 19.8 Å². The Hall–Kier alpha value is -0.900. The van der Waals surface area contributed by atoms with Crippen LogP contribution in [-0.2, 0) is 6.42 Å². The molecule has 0 aromatic carbocycles. The van der Waals surface area contributed by atoms with Crippen LogP contribution in [0.5, 0.6) is 0 Å². The van der Waals surface area contributed by atoms with Crippen molar-refractivity contribution in [3.05, 3.63) is 11.6 Å². The molecule has 1 aromatic rings. The Bertz CT molecular complexity index is 428. The monoisotopic (exact) mass is 276 g/mol. The molecule has 20 heavy (non-hydrogen) atoms. The molecule has 2 aliphatic rings. The van der Waals surface area contributed by atoms with Crippen LogP contribution < -0.4 is 5.32 Å². The van der Waals surface area contributed by atoms with E-state index in [-0.39, 0.29) is 0 Å². The molecule has 0 radical (unpaired) electrons. The minimum Gasteiger partial charge on any atom is -0.316 e. The summed E-state index contributed by atoms with van der Waals surface area (Å²) in [7, 11) is 0. The first kappa shape index (κ1) is 14.1. The Labute approximate surface area is 122 Å². The maximum absolute atomic E-state index is 4.49. The fraction of sp³-hybridized carbons (Fsp3) is 0.875. The number of nitrogens with zero attached hydrogens (tertiary/aromatic N) is 3. The molecule has 2 heterocycles. The average molecular weight is 276 g/mol. The minimum atomic E-state index is 0.664. The van der Waals surface area contributed by atoms with Crippen molar-refractivity contribution in [2.24, 2.45) is 11.8 Å². The zero-order valence-corrected chi connectivity index (χ0v) is 12.9. The van der Waals surface area contributed by atoms with Crippen molar-refractivity contribution >= 4 is 0 Å². The third-order valence-electron chi connectivity index (χ3n) is 5.27. The molecule has 1 aromatic heterocycles. The van der Waals surface area contributed by atoms with Gasteiger partial charge in [0.05, 0.1) is 0 Å². The first-order valence-corrected chi connectivity index (χ1v) is 8.37. The zero-order chi connectivity index (χ0) is 13.9. The molecule has 0 amide bonds. The SMILES string of the molecule is Cc1nnc(CC(C)C2CCCNC2)n1C1CCCC1. The first-order chi connectivity index (χ1) is 9.75. The van der Waals surface area contributed by atoms with E-state index >= 15 is 0 Å². The Morgan fingerprint density at radius 2 is 2.00 bits per heavy atom. The third kappa shape index (κ3) is 2.90. The van der Waals surface area contributed by atoms with Crippen molar-refractivity contribution in [1.29, 1.82) is 0 Å². The lowest BCUT2D eigenvalue weighted by atomic mass is 9.85. The smallest absolute Gasteiger partial charge is 0.133 e. The van der Waals surface area contributed by atoms with Gasteiger partial charge in [0.25, 0.3) is 0 Å². The van der Waals surface area contributed by atoms with Crippen molar-refractivity contribution in [3.8, 4) is 0 Å². The van der Waals surface area contributed by atoms with Crippen molar-refractivity contribution in [1.82, 2.24) is 20.1 Å². The summed E-state index contributed by atoms with van der Waals surface area (Å²) in [5.74, 6) is 3.85. The van der Waals surface area contributed by atoms with Gasteiger partial charge in [-0.3, -0.25) is 0 Å². The van der Waals surface area contributed by atoms with Crippen LogP contribution in [0.2, 0.25) is 0 Å². The molecule has 2 atom stereocenters. The maximum atomic E-state index is 4.49. The molecule has 0 bridgehead atoms. The quantitative estimate of drug-likeness (QED) is 0.919. The average Bonchev–Trinajstić information content (AvgIpc) is 3.10. The molecular formula is C16H28N4. The molecule has 1 saturated carbocycles. The highest BCUT2D eigenvalue weighted by Crippen LogP contribution is 2.32. The third-order valence-corrected chi connectivity index (χ3v) is 5.27. The maximum Gasteiger partial charge on any atom is 0.133 e. The molecular weight excluding hydrogens is 248 g/mol. The summed E-state index contributed by atoms with van der Waals surface area (Å²) in [6.45, 7) is 6.88. The van der Waals surface area contributed by atoms with E-state index in [1.807, 2.05) is 0 Å². The Morgan fingerprint density at radius 1 is 1.20 bits per heavy atom. The highest BCUT2D eigenvalue weighted by atomic mass is 15.3. The van der Waals surface area contributed by atoms with Crippen LogP contribution in [0.1, 0.15) is 63.1 Å². The van der Waals surface area contributed by atoms with Crippen LogP contribution in [0.4, 0.5) is 0 Å². The van der Waals surface area contributed by atoms with Gasteiger partial charge in [0.15, 0.2) is 0 Å². The number of hydrogen-bond donors (Lipinski definition) is 1. The molecule has 4 heteroatoms. The van der Waals surface area contributed by atoms with Crippen molar-refractivity contribution < 1.29 is 0 Å². The molecule has 1 N–H and O–H groups in total. The highest BCUT2D eigenvalue weighted by Gasteiger charge is 2.26. The van der Waals surface area contributed by atoms with Crippen LogP contribution in [0.15, 0.2) is 0 Å². The van der Waals surface area contributed by atoms with Gasteiger partial charge < -0.3 is 9.88 Å². The lowest BCUT2D eigenvalue weighted by molar-refractivity contribution is 0.272. The van der Waals surface area contributed by atoms with E-state index in [0.29, 0.717) is 12.0 Å². The molecule has 1 aliphatic heterocycles. The van der Waals surface area contributed by atoms with Gasteiger partial charge in [0.1, 0.15) is 11.6 Å². The van der Waals surface area contributed by atoms with E-state index in [1.54, 1.807) is 0 Å². The molecule has 112 valence electrons.